The number of hydrogen-bond acceptors (Lipinski definition) is 4. The fraction of sp³-hybridized carbons (Fsp3) is 0.524. The molecular weight excluding hydrogens is 467 g/mol. The highest BCUT2D eigenvalue weighted by atomic mass is 127. The average Bonchev–Trinajstić information content (AvgIpc) is 3.19. The molecule has 0 fully saturated rings. The molecule has 2 rings (SSSR count). The topological polar surface area (TPSA) is 82.7 Å². The summed E-state index contributed by atoms with van der Waals surface area (Å²) in [5, 5.41) is 20.2. The van der Waals surface area contributed by atoms with E-state index in [0.29, 0.717) is 6.54 Å². The van der Waals surface area contributed by atoms with Crippen molar-refractivity contribution in [2.24, 2.45) is 10.4 Å². The Kier molecular flexibility index (Phi) is 11.1. The summed E-state index contributed by atoms with van der Waals surface area (Å²) in [6, 6.07) is 11.8. The van der Waals surface area contributed by atoms with Crippen molar-refractivity contribution in [1.29, 1.82) is 0 Å². The van der Waals surface area contributed by atoms with Crippen LogP contribution in [0.25, 0.3) is 11.3 Å². The first-order chi connectivity index (χ1) is 13.2. The second kappa shape index (κ2) is 12.8. The Balaban J connectivity index is 0.00000392. The summed E-state index contributed by atoms with van der Waals surface area (Å²) < 4.78 is 5.44. The Morgan fingerprint density at radius 2 is 1.86 bits per heavy atom. The van der Waals surface area contributed by atoms with Crippen LogP contribution in [0, 0.1) is 5.41 Å². The van der Waals surface area contributed by atoms with Crippen molar-refractivity contribution in [3.05, 3.63) is 42.1 Å². The molecule has 0 radical (unpaired) electrons. The first-order valence-electron chi connectivity index (χ1n) is 9.80. The van der Waals surface area contributed by atoms with Gasteiger partial charge in [0.15, 0.2) is 11.7 Å². The predicted molar refractivity (Wildman–Crippen MR) is 125 cm³/mol. The SMILES string of the molecule is CCNC(=NCc1cc(-c2ccccc2)on1)NCC(CC)(CC)CCO.I. The number of nitrogens with zero attached hydrogens (tertiary/aromatic N) is 2. The molecule has 0 spiro atoms. The van der Waals surface area contributed by atoms with Gasteiger partial charge in [0.05, 0.1) is 6.54 Å². The van der Waals surface area contributed by atoms with E-state index in [-0.39, 0.29) is 36.0 Å². The molecule has 7 heteroatoms. The van der Waals surface area contributed by atoms with Crippen molar-refractivity contribution in [3.63, 3.8) is 0 Å². The normalized spacial score (nSPS) is 11.8. The summed E-state index contributed by atoms with van der Waals surface area (Å²) in [7, 11) is 0. The molecular formula is C21H33IN4O2. The number of guanidine groups is 1. The molecule has 0 saturated heterocycles. The van der Waals surface area contributed by atoms with E-state index in [1.807, 2.05) is 43.3 Å². The third kappa shape index (κ3) is 7.09. The molecule has 0 saturated carbocycles. The summed E-state index contributed by atoms with van der Waals surface area (Å²) in [5.74, 6) is 1.50. The first-order valence-corrected chi connectivity index (χ1v) is 9.80. The van der Waals surface area contributed by atoms with Gasteiger partial charge in [0.1, 0.15) is 5.69 Å². The smallest absolute Gasteiger partial charge is 0.191 e. The molecule has 0 amide bonds. The maximum Gasteiger partial charge on any atom is 0.191 e. The van der Waals surface area contributed by atoms with Gasteiger partial charge in [-0.15, -0.1) is 24.0 Å². The van der Waals surface area contributed by atoms with Crippen molar-refractivity contribution < 1.29 is 9.63 Å². The van der Waals surface area contributed by atoms with E-state index in [1.165, 1.54) is 0 Å². The van der Waals surface area contributed by atoms with Gasteiger partial charge in [-0.3, -0.25) is 0 Å². The maximum absolute atomic E-state index is 9.39. The Morgan fingerprint density at radius 3 is 2.46 bits per heavy atom. The van der Waals surface area contributed by atoms with Crippen LogP contribution in [0.5, 0.6) is 0 Å². The molecule has 0 aliphatic carbocycles. The van der Waals surface area contributed by atoms with Gasteiger partial charge in [0.25, 0.3) is 0 Å². The van der Waals surface area contributed by atoms with Gasteiger partial charge in [-0.2, -0.15) is 0 Å². The summed E-state index contributed by atoms with van der Waals surface area (Å²) in [4.78, 5) is 4.63. The third-order valence-corrected chi connectivity index (χ3v) is 5.13. The van der Waals surface area contributed by atoms with Crippen LogP contribution < -0.4 is 10.6 Å². The number of aromatic nitrogens is 1. The summed E-state index contributed by atoms with van der Waals surface area (Å²) in [5.41, 5.74) is 1.88. The molecule has 1 heterocycles. The van der Waals surface area contributed by atoms with Crippen LogP contribution in [0.15, 0.2) is 45.9 Å². The molecule has 1 aromatic heterocycles. The van der Waals surface area contributed by atoms with E-state index in [0.717, 1.165) is 55.3 Å². The van der Waals surface area contributed by atoms with Crippen LogP contribution in [0.3, 0.4) is 0 Å². The van der Waals surface area contributed by atoms with E-state index >= 15 is 0 Å². The third-order valence-electron chi connectivity index (χ3n) is 5.13. The molecule has 0 aliphatic heterocycles. The molecule has 0 unspecified atom stereocenters. The fourth-order valence-electron chi connectivity index (χ4n) is 3.08. The Bertz CT molecular complexity index is 699. The summed E-state index contributed by atoms with van der Waals surface area (Å²) in [6.07, 6.45) is 2.82. The molecule has 2 aromatic rings. The summed E-state index contributed by atoms with van der Waals surface area (Å²) in [6.45, 7) is 8.60. The second-order valence-corrected chi connectivity index (χ2v) is 6.78. The molecule has 3 N–H and O–H groups in total. The number of nitrogens with one attached hydrogen (secondary N) is 2. The zero-order valence-electron chi connectivity index (χ0n) is 17.1. The molecule has 0 bridgehead atoms. The van der Waals surface area contributed by atoms with Gasteiger partial charge in [-0.1, -0.05) is 49.3 Å². The van der Waals surface area contributed by atoms with Crippen molar-refractivity contribution in [3.8, 4) is 11.3 Å². The van der Waals surface area contributed by atoms with E-state index in [2.05, 4.69) is 34.6 Å². The van der Waals surface area contributed by atoms with Crippen LogP contribution in [-0.4, -0.2) is 35.9 Å². The average molecular weight is 500 g/mol. The number of benzene rings is 1. The molecule has 0 aliphatic rings. The Morgan fingerprint density at radius 1 is 1.14 bits per heavy atom. The predicted octanol–water partition coefficient (Wildman–Crippen LogP) is 4.20. The second-order valence-electron chi connectivity index (χ2n) is 6.78. The minimum atomic E-state index is 0. The lowest BCUT2D eigenvalue weighted by atomic mass is 9.79. The summed E-state index contributed by atoms with van der Waals surface area (Å²) >= 11 is 0. The number of aliphatic hydroxyl groups excluding tert-OH is 1. The Labute approximate surface area is 185 Å². The van der Waals surface area contributed by atoms with E-state index in [9.17, 15) is 5.11 Å². The van der Waals surface area contributed by atoms with E-state index in [4.69, 9.17) is 4.52 Å². The standard InChI is InChI=1S/C21H32N4O2.HI/c1-4-21(5-2,12-13-26)16-24-20(22-6-3)23-15-18-14-19(27-25-18)17-10-8-7-9-11-17;/h7-11,14,26H,4-6,12-13,15-16H2,1-3H3,(H2,22,23,24);1H. The highest BCUT2D eigenvalue weighted by Gasteiger charge is 2.25. The van der Waals surface area contributed by atoms with Crippen LogP contribution in [0.2, 0.25) is 0 Å². The lowest BCUT2D eigenvalue weighted by Gasteiger charge is -2.32. The van der Waals surface area contributed by atoms with E-state index < -0.39 is 0 Å². The van der Waals surface area contributed by atoms with Gasteiger partial charge >= 0.3 is 0 Å². The minimum absolute atomic E-state index is 0. The molecule has 156 valence electrons. The maximum atomic E-state index is 9.39. The highest BCUT2D eigenvalue weighted by molar-refractivity contribution is 14.0. The van der Waals surface area contributed by atoms with Crippen molar-refractivity contribution in [2.75, 3.05) is 19.7 Å². The van der Waals surface area contributed by atoms with Crippen molar-refractivity contribution in [2.45, 2.75) is 46.6 Å². The highest BCUT2D eigenvalue weighted by Crippen LogP contribution is 2.29. The lowest BCUT2D eigenvalue weighted by molar-refractivity contribution is 0.169. The number of rotatable bonds is 10. The quantitative estimate of drug-likeness (QED) is 0.259. The van der Waals surface area contributed by atoms with E-state index in [1.54, 1.807) is 0 Å². The van der Waals surface area contributed by atoms with Crippen LogP contribution in [-0.2, 0) is 6.54 Å². The largest absolute Gasteiger partial charge is 0.396 e. The van der Waals surface area contributed by atoms with Gasteiger partial charge in [0, 0.05) is 31.3 Å². The molecule has 6 nitrogen and oxygen atoms in total. The molecule has 0 atom stereocenters. The first kappa shape index (κ1) is 24.4. The number of aliphatic imine (C=N–C) groups is 1. The molecule has 1 aromatic carbocycles. The minimum Gasteiger partial charge on any atom is -0.396 e. The van der Waals surface area contributed by atoms with Gasteiger partial charge < -0.3 is 20.3 Å². The van der Waals surface area contributed by atoms with Crippen LogP contribution >= 0.6 is 24.0 Å². The zero-order chi connectivity index (χ0) is 19.5. The fourth-order valence-corrected chi connectivity index (χ4v) is 3.08. The number of aliphatic hydroxyl groups is 1. The lowest BCUT2D eigenvalue weighted by Crippen LogP contribution is -2.43. The van der Waals surface area contributed by atoms with Gasteiger partial charge in [-0.25, -0.2) is 4.99 Å². The Hall–Kier alpha value is -1.61. The van der Waals surface area contributed by atoms with Gasteiger partial charge in [-0.05, 0) is 31.6 Å². The zero-order valence-corrected chi connectivity index (χ0v) is 19.4. The van der Waals surface area contributed by atoms with Crippen LogP contribution in [0.4, 0.5) is 0 Å². The number of halogens is 1. The number of hydrogen-bond donors (Lipinski definition) is 3. The monoisotopic (exact) mass is 500 g/mol. The van der Waals surface area contributed by atoms with Crippen LogP contribution in [0.1, 0.15) is 45.7 Å². The van der Waals surface area contributed by atoms with Crippen molar-refractivity contribution >= 4 is 29.9 Å². The van der Waals surface area contributed by atoms with Gasteiger partial charge in [0.2, 0.25) is 0 Å². The molecule has 28 heavy (non-hydrogen) atoms. The van der Waals surface area contributed by atoms with Crippen molar-refractivity contribution in [1.82, 2.24) is 15.8 Å².